The topological polar surface area (TPSA) is 62.2 Å². The van der Waals surface area contributed by atoms with Gasteiger partial charge < -0.3 is 10.6 Å². The second-order valence-electron chi connectivity index (χ2n) is 6.82. The Kier molecular flexibility index (Phi) is 6.76. The number of hydrogen-bond acceptors (Lipinski definition) is 4. The van der Waals surface area contributed by atoms with E-state index in [1.54, 1.807) is 11.7 Å². The number of benzene rings is 1. The number of likely N-dealkylation sites (N-methyl/N-ethyl adjacent to an activating group) is 1. The van der Waals surface area contributed by atoms with E-state index in [2.05, 4.69) is 20.6 Å². The maximum absolute atomic E-state index is 11.5. The number of aryl methyl sites for hydroxylation is 1. The number of hydrogen-bond donors (Lipinski definition) is 2. The van der Waals surface area contributed by atoms with Crippen LogP contribution in [0, 0.1) is 6.92 Å². The van der Waals surface area contributed by atoms with E-state index in [4.69, 9.17) is 23.2 Å². The van der Waals surface area contributed by atoms with Crippen LogP contribution >= 0.6 is 23.2 Å². The van der Waals surface area contributed by atoms with Crippen LogP contribution in [-0.4, -0.2) is 53.3 Å². The Morgan fingerprint density at radius 1 is 1.26 bits per heavy atom. The van der Waals surface area contributed by atoms with Crippen LogP contribution in [0.15, 0.2) is 24.3 Å². The molecule has 0 spiro atoms. The molecule has 1 fully saturated rings. The molecule has 1 aromatic carbocycles. The van der Waals surface area contributed by atoms with Gasteiger partial charge in [0.25, 0.3) is 0 Å². The maximum Gasteiger partial charge on any atom is 0.233 e. The van der Waals surface area contributed by atoms with E-state index in [1.165, 1.54) is 0 Å². The zero-order valence-corrected chi connectivity index (χ0v) is 17.1. The van der Waals surface area contributed by atoms with Crippen LogP contribution < -0.4 is 10.6 Å². The van der Waals surface area contributed by atoms with Crippen molar-refractivity contribution in [2.75, 3.05) is 26.7 Å². The number of nitrogens with zero attached hydrogens (tertiary/aromatic N) is 3. The van der Waals surface area contributed by atoms with Gasteiger partial charge in [-0.1, -0.05) is 35.3 Å². The number of aromatic nitrogens is 2. The molecule has 3 rings (SSSR count). The van der Waals surface area contributed by atoms with Crippen molar-refractivity contribution < 1.29 is 4.79 Å². The smallest absolute Gasteiger partial charge is 0.233 e. The van der Waals surface area contributed by atoms with Gasteiger partial charge in [0.05, 0.1) is 22.9 Å². The van der Waals surface area contributed by atoms with Crippen molar-refractivity contribution in [2.24, 2.45) is 0 Å². The average Bonchev–Trinajstić information content (AvgIpc) is 2.95. The third-order valence-electron chi connectivity index (χ3n) is 5.00. The van der Waals surface area contributed by atoms with Gasteiger partial charge in [0, 0.05) is 38.3 Å². The molecule has 1 aromatic heterocycles. The van der Waals surface area contributed by atoms with Crippen molar-refractivity contribution in [3.8, 4) is 5.69 Å². The van der Waals surface area contributed by atoms with E-state index >= 15 is 0 Å². The molecule has 146 valence electrons. The highest BCUT2D eigenvalue weighted by Crippen LogP contribution is 2.27. The fraction of sp³-hybridized carbons (Fsp3) is 0.474. The summed E-state index contributed by atoms with van der Waals surface area (Å²) in [6, 6.07) is 7.94. The molecular formula is C19H25Cl2N5O. The molecule has 2 N–H and O–H groups in total. The van der Waals surface area contributed by atoms with Gasteiger partial charge in [-0.3, -0.25) is 9.69 Å². The Balaban J connectivity index is 1.60. The Morgan fingerprint density at radius 3 is 2.63 bits per heavy atom. The van der Waals surface area contributed by atoms with Gasteiger partial charge in [0.1, 0.15) is 5.15 Å². The summed E-state index contributed by atoms with van der Waals surface area (Å²) in [4.78, 5) is 13.7. The summed E-state index contributed by atoms with van der Waals surface area (Å²) >= 11 is 12.9. The highest BCUT2D eigenvalue weighted by molar-refractivity contribution is 6.33. The van der Waals surface area contributed by atoms with Crippen LogP contribution in [0.4, 0.5) is 0 Å². The predicted molar refractivity (Wildman–Crippen MR) is 109 cm³/mol. The third-order valence-corrected chi connectivity index (χ3v) is 5.71. The first-order chi connectivity index (χ1) is 13.0. The largest absolute Gasteiger partial charge is 0.358 e. The minimum Gasteiger partial charge on any atom is -0.358 e. The fourth-order valence-electron chi connectivity index (χ4n) is 3.34. The van der Waals surface area contributed by atoms with E-state index in [0.29, 0.717) is 29.3 Å². The number of para-hydroxylation sites is 1. The number of halogens is 2. The summed E-state index contributed by atoms with van der Waals surface area (Å²) in [6.45, 7) is 4.92. The monoisotopic (exact) mass is 409 g/mol. The zero-order valence-electron chi connectivity index (χ0n) is 15.6. The normalized spacial score (nSPS) is 15.9. The molecule has 1 aliphatic heterocycles. The lowest BCUT2D eigenvalue weighted by Crippen LogP contribution is -2.45. The summed E-state index contributed by atoms with van der Waals surface area (Å²) in [5.41, 5.74) is 2.66. The molecule has 27 heavy (non-hydrogen) atoms. The minimum atomic E-state index is 0.0656. The molecule has 2 aromatic rings. The van der Waals surface area contributed by atoms with Gasteiger partial charge in [-0.15, -0.1) is 0 Å². The quantitative estimate of drug-likeness (QED) is 0.769. The van der Waals surface area contributed by atoms with Crippen LogP contribution in [0.5, 0.6) is 0 Å². The molecule has 2 heterocycles. The summed E-state index contributed by atoms with van der Waals surface area (Å²) < 4.78 is 1.70. The summed E-state index contributed by atoms with van der Waals surface area (Å²) in [7, 11) is 1.67. The van der Waals surface area contributed by atoms with E-state index in [-0.39, 0.29) is 5.91 Å². The molecule has 0 unspecified atom stereocenters. The first kappa shape index (κ1) is 20.1. The van der Waals surface area contributed by atoms with Gasteiger partial charge >= 0.3 is 0 Å². The Hall–Kier alpha value is -1.60. The lowest BCUT2D eigenvalue weighted by atomic mass is 10.0. The number of nitrogens with one attached hydrogen (secondary N) is 2. The molecule has 1 aliphatic rings. The van der Waals surface area contributed by atoms with Crippen molar-refractivity contribution in [2.45, 2.75) is 32.4 Å². The molecule has 0 aliphatic carbocycles. The lowest BCUT2D eigenvalue weighted by molar-refractivity contribution is -0.122. The predicted octanol–water partition coefficient (Wildman–Crippen LogP) is 2.79. The molecule has 6 nitrogen and oxygen atoms in total. The standard InChI is InChI=1S/C19H25Cl2N5O/c1-13-15(19(21)26(24-13)17-6-4-3-5-16(17)20)11-23-14-7-9-25(10-8-14)12-18(27)22-2/h3-6,14,23H,7-12H2,1-2H3,(H,22,27). The molecule has 0 radical (unpaired) electrons. The van der Waals surface area contributed by atoms with Crippen molar-refractivity contribution in [1.29, 1.82) is 0 Å². The van der Waals surface area contributed by atoms with Gasteiger partial charge in [0.15, 0.2) is 0 Å². The first-order valence-corrected chi connectivity index (χ1v) is 9.90. The van der Waals surface area contributed by atoms with Crippen molar-refractivity contribution >= 4 is 29.1 Å². The highest BCUT2D eigenvalue weighted by atomic mass is 35.5. The summed E-state index contributed by atoms with van der Waals surface area (Å²) in [5, 5.41) is 12.0. The number of likely N-dealkylation sites (tertiary alicyclic amines) is 1. The van der Waals surface area contributed by atoms with Crippen LogP contribution in [0.1, 0.15) is 24.1 Å². The van der Waals surface area contributed by atoms with Gasteiger partial charge in [-0.25, -0.2) is 4.68 Å². The van der Waals surface area contributed by atoms with Crippen molar-refractivity contribution in [3.63, 3.8) is 0 Å². The van der Waals surface area contributed by atoms with E-state index in [9.17, 15) is 4.79 Å². The summed E-state index contributed by atoms with van der Waals surface area (Å²) in [5.74, 6) is 0.0656. The van der Waals surface area contributed by atoms with Crippen LogP contribution in [0.25, 0.3) is 5.69 Å². The Morgan fingerprint density at radius 2 is 1.96 bits per heavy atom. The second kappa shape index (κ2) is 9.06. The van der Waals surface area contributed by atoms with Gasteiger partial charge in [0.2, 0.25) is 5.91 Å². The molecule has 8 heteroatoms. The summed E-state index contributed by atoms with van der Waals surface area (Å²) in [6.07, 6.45) is 2.01. The highest BCUT2D eigenvalue weighted by Gasteiger charge is 2.22. The van der Waals surface area contributed by atoms with Crippen molar-refractivity contribution in [3.05, 3.63) is 45.7 Å². The molecule has 0 atom stereocenters. The Labute approximate surface area is 169 Å². The molecule has 0 bridgehead atoms. The first-order valence-electron chi connectivity index (χ1n) is 9.14. The van der Waals surface area contributed by atoms with Gasteiger partial charge in [-0.2, -0.15) is 5.10 Å². The molecule has 0 saturated carbocycles. The Bertz CT molecular complexity index is 799. The van der Waals surface area contributed by atoms with Crippen molar-refractivity contribution in [1.82, 2.24) is 25.3 Å². The second-order valence-corrected chi connectivity index (χ2v) is 7.59. The molecular weight excluding hydrogens is 385 g/mol. The van der Waals surface area contributed by atoms with Crippen LogP contribution in [0.3, 0.4) is 0 Å². The van der Waals surface area contributed by atoms with Crippen LogP contribution in [-0.2, 0) is 11.3 Å². The average molecular weight is 410 g/mol. The third kappa shape index (κ3) is 4.82. The van der Waals surface area contributed by atoms with E-state index in [0.717, 1.165) is 42.9 Å². The zero-order chi connectivity index (χ0) is 19.4. The number of piperidine rings is 1. The van der Waals surface area contributed by atoms with Gasteiger partial charge in [-0.05, 0) is 31.9 Å². The number of carbonyl (C=O) groups is 1. The minimum absolute atomic E-state index is 0.0656. The molecule has 1 amide bonds. The SMILES string of the molecule is CNC(=O)CN1CCC(NCc2c(C)nn(-c3ccccc3Cl)c2Cl)CC1. The number of rotatable bonds is 6. The fourth-order valence-corrected chi connectivity index (χ4v) is 3.89. The van der Waals surface area contributed by atoms with E-state index < -0.39 is 0 Å². The lowest BCUT2D eigenvalue weighted by Gasteiger charge is -2.31. The number of amides is 1. The molecule has 1 saturated heterocycles. The maximum atomic E-state index is 11.5. The van der Waals surface area contributed by atoms with E-state index in [1.807, 2.05) is 31.2 Å². The number of carbonyl (C=O) groups excluding carboxylic acids is 1. The van der Waals surface area contributed by atoms with Crippen LogP contribution in [0.2, 0.25) is 10.2 Å².